The van der Waals surface area contributed by atoms with Gasteiger partial charge in [-0.1, -0.05) is 48.0 Å². The van der Waals surface area contributed by atoms with Gasteiger partial charge in [-0.25, -0.2) is 4.79 Å². The average molecular weight is 385 g/mol. The molecule has 0 bridgehead atoms. The zero-order chi connectivity index (χ0) is 20.6. The molecule has 0 aliphatic heterocycles. The van der Waals surface area contributed by atoms with Crippen LogP contribution in [0.5, 0.6) is 5.75 Å². The standard InChI is InChI=1S/C18H23NO.C4H4O4/c1-15-10-12-17(13-11-15)20-18(9-5-6-14-19)16-7-3-2-4-8-16;5-3-8-2-1-4(6)7/h2-4,7-8,10-13,18H,5-6,9,14,19H2,1H3;1-3H,(H,6,7)/b;2-1+/t18-;/m1./s1. The number of aliphatic carboxylic acids is 1. The van der Waals surface area contributed by atoms with E-state index in [2.05, 4.69) is 48.1 Å². The van der Waals surface area contributed by atoms with Gasteiger partial charge in [-0.3, -0.25) is 4.79 Å². The molecule has 0 fully saturated rings. The van der Waals surface area contributed by atoms with E-state index >= 15 is 0 Å². The van der Waals surface area contributed by atoms with E-state index in [0.29, 0.717) is 6.08 Å². The average Bonchev–Trinajstić information content (AvgIpc) is 2.70. The van der Waals surface area contributed by atoms with Crippen molar-refractivity contribution in [3.8, 4) is 5.75 Å². The molecule has 0 unspecified atom stereocenters. The highest BCUT2D eigenvalue weighted by molar-refractivity contribution is 5.79. The van der Waals surface area contributed by atoms with Gasteiger partial charge >= 0.3 is 5.97 Å². The number of ether oxygens (including phenoxy) is 2. The molecule has 0 aliphatic carbocycles. The minimum Gasteiger partial charge on any atom is -0.486 e. The molecule has 3 N–H and O–H groups in total. The molecule has 0 aromatic heterocycles. The number of hydrogen-bond donors (Lipinski definition) is 2. The maximum absolute atomic E-state index is 9.59. The van der Waals surface area contributed by atoms with E-state index in [-0.39, 0.29) is 12.6 Å². The number of carboxylic acids is 1. The lowest BCUT2D eigenvalue weighted by atomic mass is 10.0. The number of hydrogen-bond acceptors (Lipinski definition) is 5. The number of aryl methyl sites for hydroxylation is 1. The fourth-order valence-electron chi connectivity index (χ4n) is 2.35. The minimum absolute atomic E-state index is 0.102. The summed E-state index contributed by atoms with van der Waals surface area (Å²) in [6, 6.07) is 18.6. The first-order valence-corrected chi connectivity index (χ1v) is 9.03. The number of carboxylic acid groups (broad SMARTS) is 1. The molecule has 2 aromatic carbocycles. The lowest BCUT2D eigenvalue weighted by Gasteiger charge is -2.19. The summed E-state index contributed by atoms with van der Waals surface area (Å²) in [5, 5.41) is 7.86. The quantitative estimate of drug-likeness (QED) is 0.278. The van der Waals surface area contributed by atoms with Crippen LogP contribution in [0.1, 0.15) is 36.5 Å². The molecule has 150 valence electrons. The predicted octanol–water partition coefficient (Wildman–Crippen LogP) is 4.00. The molecule has 0 heterocycles. The molecule has 2 rings (SSSR count). The Balaban J connectivity index is 0.000000416. The van der Waals surface area contributed by atoms with E-state index in [4.69, 9.17) is 15.6 Å². The number of benzene rings is 2. The van der Waals surface area contributed by atoms with Crippen LogP contribution in [-0.2, 0) is 14.3 Å². The second kappa shape index (κ2) is 14.0. The van der Waals surface area contributed by atoms with E-state index in [1.165, 1.54) is 11.1 Å². The Morgan fingerprint density at radius 3 is 2.36 bits per heavy atom. The SMILES string of the molecule is Cc1ccc(O[C@H](CCCCN)c2ccccc2)cc1.O=CO/C=C/C(=O)O. The third-order valence-corrected chi connectivity index (χ3v) is 3.74. The molecular formula is C22H27NO5. The van der Waals surface area contributed by atoms with Crippen molar-refractivity contribution >= 4 is 12.4 Å². The van der Waals surface area contributed by atoms with Crippen LogP contribution in [0.3, 0.4) is 0 Å². The molecule has 6 nitrogen and oxygen atoms in total. The van der Waals surface area contributed by atoms with Crippen molar-refractivity contribution in [3.05, 3.63) is 78.1 Å². The molecule has 0 amide bonds. The van der Waals surface area contributed by atoms with Crippen LogP contribution >= 0.6 is 0 Å². The van der Waals surface area contributed by atoms with Crippen LogP contribution in [0.25, 0.3) is 0 Å². The smallest absolute Gasteiger partial charge is 0.331 e. The Hall–Kier alpha value is -3.12. The highest BCUT2D eigenvalue weighted by atomic mass is 16.5. The van der Waals surface area contributed by atoms with E-state index in [1.54, 1.807) is 0 Å². The lowest BCUT2D eigenvalue weighted by molar-refractivity contribution is -0.131. The monoisotopic (exact) mass is 385 g/mol. The Bertz CT molecular complexity index is 713. The normalized spacial score (nSPS) is 11.2. The Morgan fingerprint density at radius 2 is 1.79 bits per heavy atom. The van der Waals surface area contributed by atoms with Crippen molar-refractivity contribution in [1.29, 1.82) is 0 Å². The van der Waals surface area contributed by atoms with E-state index in [0.717, 1.165) is 37.8 Å². The van der Waals surface area contributed by atoms with Gasteiger partial charge in [-0.2, -0.15) is 0 Å². The Morgan fingerprint density at radius 1 is 1.11 bits per heavy atom. The highest BCUT2D eigenvalue weighted by Gasteiger charge is 2.12. The van der Waals surface area contributed by atoms with Crippen molar-refractivity contribution in [1.82, 2.24) is 0 Å². The Labute approximate surface area is 165 Å². The van der Waals surface area contributed by atoms with Crippen LogP contribution in [0.4, 0.5) is 0 Å². The fourth-order valence-corrected chi connectivity index (χ4v) is 2.35. The van der Waals surface area contributed by atoms with Crippen LogP contribution in [0.15, 0.2) is 66.9 Å². The van der Waals surface area contributed by atoms with Crippen molar-refractivity contribution in [3.63, 3.8) is 0 Å². The highest BCUT2D eigenvalue weighted by Crippen LogP contribution is 2.26. The maximum atomic E-state index is 9.59. The zero-order valence-corrected chi connectivity index (χ0v) is 16.0. The van der Waals surface area contributed by atoms with Gasteiger partial charge in [0.25, 0.3) is 6.47 Å². The van der Waals surface area contributed by atoms with Gasteiger partial charge < -0.3 is 20.3 Å². The first kappa shape index (κ1) is 22.9. The summed E-state index contributed by atoms with van der Waals surface area (Å²) in [4.78, 5) is 18.9. The van der Waals surface area contributed by atoms with Gasteiger partial charge in [-0.15, -0.1) is 0 Å². The number of unbranched alkanes of at least 4 members (excludes halogenated alkanes) is 1. The number of nitrogens with two attached hydrogens (primary N) is 1. The third kappa shape index (κ3) is 10.1. The second-order valence-corrected chi connectivity index (χ2v) is 5.99. The van der Waals surface area contributed by atoms with Crippen molar-refractivity contribution in [2.75, 3.05) is 6.54 Å². The molecule has 0 spiro atoms. The minimum atomic E-state index is -1.15. The summed E-state index contributed by atoms with van der Waals surface area (Å²) in [5.74, 6) is -0.218. The molecule has 6 heteroatoms. The largest absolute Gasteiger partial charge is 0.486 e. The van der Waals surface area contributed by atoms with E-state index in [9.17, 15) is 9.59 Å². The maximum Gasteiger partial charge on any atom is 0.331 e. The van der Waals surface area contributed by atoms with Gasteiger partial charge in [0.2, 0.25) is 0 Å². The van der Waals surface area contributed by atoms with E-state index < -0.39 is 5.97 Å². The molecule has 0 saturated heterocycles. The molecule has 0 radical (unpaired) electrons. The first-order valence-electron chi connectivity index (χ1n) is 9.03. The molecule has 1 atom stereocenters. The zero-order valence-electron chi connectivity index (χ0n) is 16.0. The predicted molar refractivity (Wildman–Crippen MR) is 108 cm³/mol. The number of rotatable bonds is 10. The summed E-state index contributed by atoms with van der Waals surface area (Å²) in [7, 11) is 0. The second-order valence-electron chi connectivity index (χ2n) is 5.99. The van der Waals surface area contributed by atoms with Gasteiger partial charge in [0.05, 0.1) is 6.08 Å². The van der Waals surface area contributed by atoms with Crippen LogP contribution in [-0.4, -0.2) is 24.1 Å². The van der Waals surface area contributed by atoms with Crippen LogP contribution in [0, 0.1) is 6.92 Å². The fraction of sp³-hybridized carbons (Fsp3) is 0.273. The Kier molecular flexibility index (Phi) is 11.5. The third-order valence-electron chi connectivity index (χ3n) is 3.74. The van der Waals surface area contributed by atoms with Crippen molar-refractivity contribution in [2.24, 2.45) is 5.73 Å². The first-order chi connectivity index (χ1) is 13.6. The molecule has 0 saturated carbocycles. The summed E-state index contributed by atoms with van der Waals surface area (Å²) >= 11 is 0. The molecule has 28 heavy (non-hydrogen) atoms. The summed E-state index contributed by atoms with van der Waals surface area (Å²) in [6.45, 7) is 2.96. The number of carbonyl (C=O) groups is 2. The summed E-state index contributed by atoms with van der Waals surface area (Å²) in [5.41, 5.74) is 8.06. The molecule has 2 aromatic rings. The van der Waals surface area contributed by atoms with Gasteiger partial charge in [-0.05, 0) is 50.4 Å². The van der Waals surface area contributed by atoms with E-state index in [1.807, 2.05) is 18.2 Å². The van der Waals surface area contributed by atoms with Crippen molar-refractivity contribution < 1.29 is 24.2 Å². The molecule has 0 aliphatic rings. The van der Waals surface area contributed by atoms with Crippen molar-refractivity contribution in [2.45, 2.75) is 32.3 Å². The van der Waals surface area contributed by atoms with Crippen LogP contribution < -0.4 is 10.5 Å². The number of carbonyl (C=O) groups excluding carboxylic acids is 1. The lowest BCUT2D eigenvalue weighted by Crippen LogP contribution is -2.09. The van der Waals surface area contributed by atoms with Crippen LogP contribution in [0.2, 0.25) is 0 Å². The molecular weight excluding hydrogens is 358 g/mol. The van der Waals surface area contributed by atoms with Gasteiger partial charge in [0.15, 0.2) is 0 Å². The summed E-state index contributed by atoms with van der Waals surface area (Å²) in [6.07, 6.45) is 4.73. The summed E-state index contributed by atoms with van der Waals surface area (Å²) < 4.78 is 10.1. The van der Waals surface area contributed by atoms with Gasteiger partial charge in [0, 0.05) is 0 Å². The topological polar surface area (TPSA) is 98.9 Å². The van der Waals surface area contributed by atoms with Gasteiger partial charge in [0.1, 0.15) is 18.1 Å².